The third-order valence-corrected chi connectivity index (χ3v) is 8.31. The van der Waals surface area contributed by atoms with Crippen LogP contribution in [0, 0.1) is 0 Å². The number of ketones is 1. The van der Waals surface area contributed by atoms with Gasteiger partial charge in [-0.1, -0.05) is 48.5 Å². The van der Waals surface area contributed by atoms with Crippen molar-refractivity contribution in [2.45, 2.75) is 38.0 Å². The molecule has 2 aliphatic heterocycles. The van der Waals surface area contributed by atoms with Gasteiger partial charge in [-0.15, -0.1) is 0 Å². The Morgan fingerprint density at radius 2 is 1.45 bits per heavy atom. The van der Waals surface area contributed by atoms with Gasteiger partial charge in [0.1, 0.15) is 17.1 Å². The van der Waals surface area contributed by atoms with Crippen molar-refractivity contribution < 1.29 is 20.1 Å². The molecule has 2 heterocycles. The highest BCUT2D eigenvalue weighted by atomic mass is 16.3. The lowest BCUT2D eigenvalue weighted by atomic mass is 9.79. The molecule has 0 aromatic heterocycles. The molecule has 0 saturated heterocycles. The maximum Gasteiger partial charge on any atom is 0.201 e. The van der Waals surface area contributed by atoms with Crippen molar-refractivity contribution in [1.29, 1.82) is 0 Å². The molecule has 7 rings (SSSR count). The van der Waals surface area contributed by atoms with E-state index in [1.54, 1.807) is 0 Å². The van der Waals surface area contributed by atoms with Crippen LogP contribution in [0.3, 0.4) is 0 Å². The number of aliphatic hydroxyl groups excluding tert-OH is 3. The maximum atomic E-state index is 13.9. The van der Waals surface area contributed by atoms with Gasteiger partial charge >= 0.3 is 0 Å². The van der Waals surface area contributed by atoms with E-state index < -0.39 is 11.3 Å². The molecule has 0 radical (unpaired) electrons. The average Bonchev–Trinajstić information content (AvgIpc) is 2.91. The predicted molar refractivity (Wildman–Crippen MR) is 158 cm³/mol. The van der Waals surface area contributed by atoms with Gasteiger partial charge < -0.3 is 31.3 Å². The predicted octanol–water partition coefficient (Wildman–Crippen LogP) is 3.78. The zero-order valence-electron chi connectivity index (χ0n) is 22.3. The Hall–Kier alpha value is -4.40. The second kappa shape index (κ2) is 8.55. The van der Waals surface area contributed by atoms with Crippen LogP contribution in [0.5, 0.6) is 0 Å². The van der Waals surface area contributed by atoms with Gasteiger partial charge in [-0.3, -0.25) is 9.79 Å². The molecule has 0 saturated carbocycles. The van der Waals surface area contributed by atoms with E-state index in [1.807, 2.05) is 74.5 Å². The smallest absolute Gasteiger partial charge is 0.201 e. The zero-order chi connectivity index (χ0) is 27.8. The van der Waals surface area contributed by atoms with Gasteiger partial charge in [-0.25, -0.2) is 0 Å². The van der Waals surface area contributed by atoms with Gasteiger partial charge in [0.25, 0.3) is 0 Å². The van der Waals surface area contributed by atoms with Crippen molar-refractivity contribution in [1.82, 2.24) is 0 Å². The van der Waals surface area contributed by atoms with Gasteiger partial charge in [0, 0.05) is 59.0 Å². The van der Waals surface area contributed by atoms with Crippen molar-refractivity contribution in [3.8, 4) is 0 Å². The molecular formula is C32H30N4O4. The molecule has 2 unspecified atom stereocenters. The van der Waals surface area contributed by atoms with Gasteiger partial charge in [0.05, 0.1) is 22.2 Å². The van der Waals surface area contributed by atoms with Crippen molar-refractivity contribution in [2.24, 2.45) is 4.99 Å². The Balaban J connectivity index is 1.48. The van der Waals surface area contributed by atoms with Crippen LogP contribution in [0.4, 0.5) is 17.1 Å². The fourth-order valence-electron chi connectivity index (χ4n) is 6.36. The minimum atomic E-state index is -0.755. The monoisotopic (exact) mass is 534 g/mol. The topological polar surface area (TPSA) is 126 Å². The molecule has 8 nitrogen and oxygen atoms in total. The minimum Gasteiger partial charge on any atom is -0.506 e. The van der Waals surface area contributed by atoms with Crippen LogP contribution in [-0.2, 0) is 4.79 Å². The van der Waals surface area contributed by atoms with E-state index in [4.69, 9.17) is 4.99 Å². The molecule has 4 aromatic carbocycles. The number of nitrogens with one attached hydrogen (secondary N) is 3. The number of Topliss-reactive ketones (excluding diaryl/α,β-unsaturated/α-hetero) is 1. The van der Waals surface area contributed by atoms with Gasteiger partial charge in [-0.05, 0) is 36.8 Å². The molecule has 1 aliphatic carbocycles. The van der Waals surface area contributed by atoms with Crippen molar-refractivity contribution >= 4 is 55.5 Å². The summed E-state index contributed by atoms with van der Waals surface area (Å²) in [6.07, 6.45) is 0.834. The number of nitrogens with zero attached hydrogens (tertiary/aromatic N) is 1. The lowest BCUT2D eigenvalue weighted by Gasteiger charge is -2.40. The quantitative estimate of drug-likeness (QED) is 0.230. The molecule has 202 valence electrons. The molecule has 0 spiro atoms. The average molecular weight is 535 g/mol. The number of carbonyl (C=O) groups excluding carboxylic acids is 1. The lowest BCUT2D eigenvalue weighted by molar-refractivity contribution is -0.109. The first-order valence-corrected chi connectivity index (χ1v) is 13.5. The summed E-state index contributed by atoms with van der Waals surface area (Å²) in [7, 11) is 0. The summed E-state index contributed by atoms with van der Waals surface area (Å²) in [6, 6.07) is 19.5. The summed E-state index contributed by atoms with van der Waals surface area (Å²) in [6.45, 7) is 3.81. The molecule has 2 atom stereocenters. The number of hydrogen-bond acceptors (Lipinski definition) is 8. The standard InChI is InChI=1S/C32H30N4O4/c1-31(13-15-37)33-21-7-3-5-17-9-11-19(27(35-31)23(17)21)25-29(39)26(30(25)40)20-12-10-18-6-4-8-22-24(18)28(20)36-32(2,34-22)14-16-38/h3-12,33-35,37-39H,13-16H2,1-2H3. The second-order valence-corrected chi connectivity index (χ2v) is 11.2. The van der Waals surface area contributed by atoms with Crippen LogP contribution in [0.2, 0.25) is 0 Å². The van der Waals surface area contributed by atoms with Crippen LogP contribution < -0.4 is 26.5 Å². The van der Waals surface area contributed by atoms with E-state index in [-0.39, 0.29) is 35.9 Å². The van der Waals surface area contributed by atoms with E-state index in [0.717, 1.165) is 38.6 Å². The number of carbonyl (C=O) groups is 1. The summed E-state index contributed by atoms with van der Waals surface area (Å²) in [5, 5.41) is 46.3. The first-order chi connectivity index (χ1) is 19.3. The van der Waals surface area contributed by atoms with Crippen LogP contribution in [-0.4, -0.2) is 45.6 Å². The summed E-state index contributed by atoms with van der Waals surface area (Å²) >= 11 is 0. The highest BCUT2D eigenvalue weighted by Crippen LogP contribution is 2.47. The number of benzene rings is 4. The fourth-order valence-corrected chi connectivity index (χ4v) is 6.36. The lowest BCUT2D eigenvalue weighted by Crippen LogP contribution is -2.46. The summed E-state index contributed by atoms with van der Waals surface area (Å²) in [5.74, 6) is -0.312. The summed E-state index contributed by atoms with van der Waals surface area (Å²) in [4.78, 5) is 18.9. The van der Waals surface area contributed by atoms with Crippen molar-refractivity contribution in [2.75, 3.05) is 29.2 Å². The van der Waals surface area contributed by atoms with Crippen molar-refractivity contribution in [3.05, 3.63) is 82.6 Å². The number of hydrogen-bond donors (Lipinski definition) is 6. The number of allylic oxidation sites excluding steroid dienone is 2. The molecule has 8 heteroatoms. The second-order valence-electron chi connectivity index (χ2n) is 11.2. The van der Waals surface area contributed by atoms with Crippen LogP contribution >= 0.6 is 0 Å². The third-order valence-electron chi connectivity index (χ3n) is 8.31. The molecule has 0 amide bonds. The molecule has 0 bridgehead atoms. The Bertz CT molecular complexity index is 1930. The Morgan fingerprint density at radius 1 is 0.775 bits per heavy atom. The largest absolute Gasteiger partial charge is 0.506 e. The maximum absolute atomic E-state index is 13.9. The number of aliphatic hydroxyl groups is 3. The van der Waals surface area contributed by atoms with Crippen LogP contribution in [0.25, 0.3) is 32.7 Å². The SMILES string of the molecule is CC1(CCO)N=c2c(=C3C(=O)C(c4ccc5cccc6c5c4NC(C)(CCO)N6)=C3O)ccc3cccc(c23)N1. The van der Waals surface area contributed by atoms with Crippen LogP contribution in [0.15, 0.2) is 71.4 Å². The van der Waals surface area contributed by atoms with Gasteiger partial charge in [0.15, 0.2) is 0 Å². The molecule has 6 N–H and O–H groups in total. The summed E-state index contributed by atoms with van der Waals surface area (Å²) in [5.41, 5.74) is 2.27. The normalized spacial score (nSPS) is 24.2. The number of rotatable bonds is 5. The molecule has 0 fully saturated rings. The fraction of sp³-hybridized carbons (Fsp3) is 0.250. The van der Waals surface area contributed by atoms with E-state index >= 15 is 0 Å². The highest BCUT2D eigenvalue weighted by molar-refractivity contribution is 6.52. The van der Waals surface area contributed by atoms with Gasteiger partial charge in [-0.2, -0.15) is 0 Å². The summed E-state index contributed by atoms with van der Waals surface area (Å²) < 4.78 is 0. The molecule has 4 aromatic rings. The van der Waals surface area contributed by atoms with Gasteiger partial charge in [0.2, 0.25) is 5.78 Å². The molecule has 40 heavy (non-hydrogen) atoms. The number of anilines is 3. The Labute approximate surface area is 230 Å². The third kappa shape index (κ3) is 3.46. The van der Waals surface area contributed by atoms with E-state index in [2.05, 4.69) is 16.0 Å². The first kappa shape index (κ1) is 24.6. The van der Waals surface area contributed by atoms with Crippen LogP contribution in [0.1, 0.15) is 32.3 Å². The van der Waals surface area contributed by atoms with E-state index in [9.17, 15) is 20.1 Å². The highest BCUT2D eigenvalue weighted by Gasteiger charge is 2.40. The molecular weight excluding hydrogens is 504 g/mol. The van der Waals surface area contributed by atoms with E-state index in [1.165, 1.54) is 0 Å². The minimum absolute atomic E-state index is 0.0188. The first-order valence-electron chi connectivity index (χ1n) is 13.5. The van der Waals surface area contributed by atoms with Crippen molar-refractivity contribution in [3.63, 3.8) is 0 Å². The Morgan fingerprint density at radius 3 is 2.15 bits per heavy atom. The molecule has 3 aliphatic rings. The Kier molecular flexibility index (Phi) is 5.26. The zero-order valence-corrected chi connectivity index (χ0v) is 22.3. The van der Waals surface area contributed by atoms with E-state index in [0.29, 0.717) is 29.0 Å².